The molecule has 0 saturated carbocycles. The van der Waals surface area contributed by atoms with Crippen molar-refractivity contribution in [2.75, 3.05) is 7.11 Å². The number of ether oxygens (including phenoxy) is 2. The Morgan fingerprint density at radius 3 is 2.81 bits per heavy atom. The molecule has 0 aliphatic carbocycles. The second-order valence-corrected chi connectivity index (χ2v) is 6.80. The highest BCUT2D eigenvalue weighted by atomic mass is 35.5. The molecule has 2 aromatic heterocycles. The summed E-state index contributed by atoms with van der Waals surface area (Å²) in [7, 11) is 3.29. The molecule has 0 atom stereocenters. The van der Waals surface area contributed by atoms with Crippen LogP contribution in [0.4, 0.5) is 0 Å². The van der Waals surface area contributed by atoms with Crippen LogP contribution in [0.2, 0.25) is 5.02 Å². The Morgan fingerprint density at radius 2 is 2.15 bits per heavy atom. The van der Waals surface area contributed by atoms with Crippen molar-refractivity contribution in [2.24, 2.45) is 7.05 Å². The molecule has 0 aliphatic heterocycles. The summed E-state index contributed by atoms with van der Waals surface area (Å²) in [5.74, 6) is 0.158. The van der Waals surface area contributed by atoms with E-state index in [-0.39, 0.29) is 17.1 Å². The van der Waals surface area contributed by atoms with Crippen molar-refractivity contribution in [1.82, 2.24) is 9.55 Å². The van der Waals surface area contributed by atoms with Gasteiger partial charge in [-0.2, -0.15) is 0 Å². The predicted octanol–water partition coefficient (Wildman–Crippen LogP) is 3.55. The van der Waals surface area contributed by atoms with E-state index in [1.807, 2.05) is 17.8 Å². The molecular formula is C18H15ClN2O5S. The first-order valence-electron chi connectivity index (χ1n) is 7.75. The summed E-state index contributed by atoms with van der Waals surface area (Å²) >= 11 is 7.33. The number of halogens is 1. The van der Waals surface area contributed by atoms with Gasteiger partial charge in [0, 0.05) is 30.5 Å². The van der Waals surface area contributed by atoms with Crippen molar-refractivity contribution in [3.05, 3.63) is 69.5 Å². The molecule has 140 valence electrons. The van der Waals surface area contributed by atoms with Gasteiger partial charge in [-0.1, -0.05) is 23.4 Å². The molecule has 27 heavy (non-hydrogen) atoms. The molecule has 0 radical (unpaired) electrons. The van der Waals surface area contributed by atoms with Gasteiger partial charge in [0.05, 0.1) is 12.9 Å². The minimum atomic E-state index is -0.767. The fraction of sp³-hybridized carbons (Fsp3) is 0.167. The number of esters is 1. The summed E-state index contributed by atoms with van der Waals surface area (Å²) < 4.78 is 17.5. The third kappa shape index (κ3) is 4.53. The van der Waals surface area contributed by atoms with Gasteiger partial charge >= 0.3 is 5.97 Å². The Morgan fingerprint density at radius 1 is 1.33 bits per heavy atom. The molecule has 0 bridgehead atoms. The Labute approximate surface area is 163 Å². The summed E-state index contributed by atoms with van der Waals surface area (Å²) in [5, 5.41) is 1.14. The fourth-order valence-corrected chi connectivity index (χ4v) is 3.20. The molecule has 0 spiro atoms. The summed E-state index contributed by atoms with van der Waals surface area (Å²) in [5.41, 5.74) is -0.357. The summed E-state index contributed by atoms with van der Waals surface area (Å²) in [4.78, 5) is 28.8. The van der Waals surface area contributed by atoms with E-state index in [9.17, 15) is 9.59 Å². The van der Waals surface area contributed by atoms with Gasteiger partial charge in [0.1, 0.15) is 23.3 Å². The van der Waals surface area contributed by atoms with Gasteiger partial charge in [-0.25, -0.2) is 9.78 Å². The smallest absolute Gasteiger partial charge is 0.347 e. The van der Waals surface area contributed by atoms with E-state index in [0.29, 0.717) is 16.5 Å². The van der Waals surface area contributed by atoms with Crippen molar-refractivity contribution in [3.63, 3.8) is 0 Å². The lowest BCUT2D eigenvalue weighted by atomic mass is 10.2. The first-order valence-corrected chi connectivity index (χ1v) is 9.12. The number of hydrogen-bond acceptors (Lipinski definition) is 7. The first-order chi connectivity index (χ1) is 13.0. The number of imidazole rings is 1. The zero-order valence-corrected chi connectivity index (χ0v) is 16.0. The van der Waals surface area contributed by atoms with E-state index in [2.05, 4.69) is 4.98 Å². The van der Waals surface area contributed by atoms with Crippen LogP contribution < -0.4 is 14.9 Å². The van der Waals surface area contributed by atoms with Gasteiger partial charge in [-0.05, 0) is 18.2 Å². The number of carbonyl (C=O) groups is 1. The molecule has 0 amide bonds. The van der Waals surface area contributed by atoms with Gasteiger partial charge in [0.15, 0.2) is 5.16 Å². The normalized spacial score (nSPS) is 10.6. The zero-order valence-electron chi connectivity index (χ0n) is 14.5. The van der Waals surface area contributed by atoms with E-state index in [4.69, 9.17) is 25.5 Å². The van der Waals surface area contributed by atoms with Crippen LogP contribution in [0.1, 0.15) is 16.1 Å². The minimum Gasteiger partial charge on any atom is -0.496 e. The average Bonchev–Trinajstić information content (AvgIpc) is 3.06. The number of aromatic nitrogens is 2. The minimum absolute atomic E-state index is 0.110. The highest BCUT2D eigenvalue weighted by Crippen LogP contribution is 2.24. The number of hydrogen-bond donors (Lipinski definition) is 0. The molecule has 0 aliphatic rings. The lowest BCUT2D eigenvalue weighted by molar-refractivity contribution is 0.0725. The number of aryl methyl sites for hydroxylation is 1. The predicted molar refractivity (Wildman–Crippen MR) is 101 cm³/mol. The molecule has 0 N–H and O–H groups in total. The Kier molecular flexibility index (Phi) is 5.88. The van der Waals surface area contributed by atoms with E-state index in [0.717, 1.165) is 11.4 Å². The van der Waals surface area contributed by atoms with Crippen molar-refractivity contribution in [1.29, 1.82) is 0 Å². The molecule has 7 nitrogen and oxygen atoms in total. The molecule has 0 unspecified atom stereocenters. The SMILES string of the molecule is COc1ccc(Cl)cc1C(=O)Oc1coc(CSc2nccn2C)cc1=O. The van der Waals surface area contributed by atoms with Crippen LogP contribution in [-0.4, -0.2) is 22.6 Å². The highest BCUT2D eigenvalue weighted by molar-refractivity contribution is 7.98. The van der Waals surface area contributed by atoms with Crippen LogP contribution in [0.15, 0.2) is 57.3 Å². The Bertz CT molecular complexity index is 1030. The fourth-order valence-electron chi connectivity index (χ4n) is 2.21. The topological polar surface area (TPSA) is 83.6 Å². The summed E-state index contributed by atoms with van der Waals surface area (Å²) in [6.45, 7) is 0. The van der Waals surface area contributed by atoms with Crippen molar-refractivity contribution >= 4 is 29.3 Å². The second kappa shape index (κ2) is 8.32. The third-order valence-electron chi connectivity index (χ3n) is 3.56. The zero-order chi connectivity index (χ0) is 19.4. The van der Waals surface area contributed by atoms with Gasteiger partial charge in [0.25, 0.3) is 0 Å². The maximum atomic E-state index is 12.3. The van der Waals surface area contributed by atoms with Gasteiger partial charge in [0.2, 0.25) is 11.2 Å². The Balaban J connectivity index is 1.73. The number of carbonyl (C=O) groups excluding carboxylic acids is 1. The first kappa shape index (κ1) is 19.1. The lowest BCUT2D eigenvalue weighted by Crippen LogP contribution is -2.15. The monoisotopic (exact) mass is 406 g/mol. The van der Waals surface area contributed by atoms with Crippen molar-refractivity contribution in [2.45, 2.75) is 10.9 Å². The summed E-state index contributed by atoms with van der Waals surface area (Å²) in [6.07, 6.45) is 4.63. The molecule has 3 rings (SSSR count). The van der Waals surface area contributed by atoms with Crippen LogP contribution in [0, 0.1) is 0 Å². The number of rotatable bonds is 6. The van der Waals surface area contributed by atoms with Crippen LogP contribution >= 0.6 is 23.4 Å². The number of nitrogens with zero attached hydrogens (tertiary/aromatic N) is 2. The molecular weight excluding hydrogens is 392 g/mol. The van der Waals surface area contributed by atoms with Crippen molar-refractivity contribution in [3.8, 4) is 11.5 Å². The standard InChI is InChI=1S/C18H15ClN2O5S/c1-21-6-5-20-18(21)27-10-12-8-14(22)16(9-25-12)26-17(23)13-7-11(19)3-4-15(13)24-2/h3-9H,10H2,1-2H3. The third-order valence-corrected chi connectivity index (χ3v) is 4.87. The highest BCUT2D eigenvalue weighted by Gasteiger charge is 2.17. The average molecular weight is 407 g/mol. The number of methoxy groups -OCH3 is 1. The van der Waals surface area contributed by atoms with E-state index in [1.54, 1.807) is 18.3 Å². The molecule has 1 aromatic carbocycles. The van der Waals surface area contributed by atoms with E-state index < -0.39 is 11.4 Å². The lowest BCUT2D eigenvalue weighted by Gasteiger charge is -2.08. The molecule has 3 aromatic rings. The van der Waals surface area contributed by atoms with Crippen molar-refractivity contribution < 1.29 is 18.7 Å². The molecule has 0 saturated heterocycles. The van der Waals surface area contributed by atoms with Gasteiger partial charge < -0.3 is 18.5 Å². The quantitative estimate of drug-likeness (QED) is 0.457. The van der Waals surface area contributed by atoms with E-state index in [1.165, 1.54) is 31.0 Å². The number of thioether (sulfide) groups is 1. The second-order valence-electron chi connectivity index (χ2n) is 5.42. The van der Waals surface area contributed by atoms with Gasteiger partial charge in [-0.15, -0.1) is 0 Å². The van der Waals surface area contributed by atoms with Crippen LogP contribution in [0.5, 0.6) is 11.5 Å². The van der Waals surface area contributed by atoms with Crippen LogP contribution in [0.25, 0.3) is 0 Å². The summed E-state index contributed by atoms with van der Waals surface area (Å²) in [6, 6.07) is 5.81. The molecule has 0 fully saturated rings. The number of benzene rings is 1. The maximum Gasteiger partial charge on any atom is 0.347 e. The largest absolute Gasteiger partial charge is 0.496 e. The maximum absolute atomic E-state index is 12.3. The molecule has 2 heterocycles. The molecule has 9 heteroatoms. The van der Waals surface area contributed by atoms with Gasteiger partial charge in [-0.3, -0.25) is 4.79 Å². The van der Waals surface area contributed by atoms with Crippen LogP contribution in [-0.2, 0) is 12.8 Å². The Hall–Kier alpha value is -2.71. The van der Waals surface area contributed by atoms with E-state index >= 15 is 0 Å². The van der Waals surface area contributed by atoms with Crippen LogP contribution in [0.3, 0.4) is 0 Å².